The number of halogens is 1. The number of nitrogens with one attached hydrogen (secondary N) is 2. The maximum atomic E-state index is 5.80. The van der Waals surface area contributed by atoms with Crippen molar-refractivity contribution in [2.75, 3.05) is 23.9 Å². The minimum atomic E-state index is 0.215. The second-order valence-electron chi connectivity index (χ2n) is 3.22. The molecule has 0 saturated carbocycles. The van der Waals surface area contributed by atoms with Gasteiger partial charge in [-0.1, -0.05) is 0 Å². The number of H-pyrrole nitrogens is 1. The van der Waals surface area contributed by atoms with Gasteiger partial charge in [0.05, 0.1) is 6.33 Å². The predicted molar refractivity (Wildman–Crippen MR) is 68.2 cm³/mol. The van der Waals surface area contributed by atoms with Gasteiger partial charge in [-0.15, -0.1) is 0 Å². The fourth-order valence-electron chi connectivity index (χ4n) is 1.36. The summed E-state index contributed by atoms with van der Waals surface area (Å²) in [5.41, 5.74) is 1.39. The summed E-state index contributed by atoms with van der Waals surface area (Å²) in [7, 11) is 0. The van der Waals surface area contributed by atoms with Gasteiger partial charge >= 0.3 is 0 Å². The third kappa shape index (κ3) is 2.56. The lowest BCUT2D eigenvalue weighted by atomic mass is 10.4. The van der Waals surface area contributed by atoms with E-state index in [0.717, 1.165) is 24.2 Å². The van der Waals surface area contributed by atoms with Gasteiger partial charge in [0.25, 0.3) is 0 Å². The molecule has 2 N–H and O–H groups in total. The molecule has 0 aliphatic rings. The molecule has 86 valence electrons. The molecule has 0 aliphatic carbocycles. The summed E-state index contributed by atoms with van der Waals surface area (Å²) in [5, 5.41) is 3.44. The van der Waals surface area contributed by atoms with Crippen LogP contribution in [0.25, 0.3) is 11.2 Å². The summed E-state index contributed by atoms with van der Waals surface area (Å²) >= 11 is 7.63. The van der Waals surface area contributed by atoms with E-state index in [9.17, 15) is 0 Å². The van der Waals surface area contributed by atoms with Crippen LogP contribution in [0.2, 0.25) is 5.28 Å². The molecule has 0 unspecified atom stereocenters. The van der Waals surface area contributed by atoms with Crippen LogP contribution in [-0.4, -0.2) is 38.5 Å². The summed E-state index contributed by atoms with van der Waals surface area (Å²) in [6, 6.07) is 0. The Balaban J connectivity index is 2.12. The van der Waals surface area contributed by atoms with Gasteiger partial charge in [-0.05, 0) is 30.0 Å². The van der Waals surface area contributed by atoms with Crippen LogP contribution < -0.4 is 5.32 Å². The molecular formula is C9H12ClN5S. The minimum absolute atomic E-state index is 0.215. The van der Waals surface area contributed by atoms with E-state index in [1.54, 1.807) is 6.33 Å². The first-order chi connectivity index (χ1) is 7.81. The first-order valence-corrected chi connectivity index (χ1v) is 6.68. The Morgan fingerprint density at radius 3 is 3.19 bits per heavy atom. The van der Waals surface area contributed by atoms with Crippen molar-refractivity contribution in [3.8, 4) is 0 Å². The first-order valence-electron chi connectivity index (χ1n) is 4.90. The zero-order chi connectivity index (χ0) is 11.4. The number of aromatic nitrogens is 4. The van der Waals surface area contributed by atoms with Crippen LogP contribution in [-0.2, 0) is 0 Å². The van der Waals surface area contributed by atoms with Crippen molar-refractivity contribution >= 4 is 40.3 Å². The topological polar surface area (TPSA) is 66.5 Å². The third-order valence-electron chi connectivity index (χ3n) is 2.08. The molecular weight excluding hydrogens is 246 g/mol. The van der Waals surface area contributed by atoms with Crippen LogP contribution in [0.5, 0.6) is 0 Å². The molecule has 0 bridgehead atoms. The van der Waals surface area contributed by atoms with Crippen molar-refractivity contribution in [2.45, 2.75) is 6.42 Å². The largest absolute Gasteiger partial charge is 0.368 e. The second kappa shape index (κ2) is 5.36. The Morgan fingerprint density at radius 1 is 1.50 bits per heavy atom. The number of imidazole rings is 1. The van der Waals surface area contributed by atoms with E-state index < -0.39 is 0 Å². The highest BCUT2D eigenvalue weighted by atomic mass is 35.5. The van der Waals surface area contributed by atoms with Crippen molar-refractivity contribution < 1.29 is 0 Å². The van der Waals surface area contributed by atoms with Crippen LogP contribution in [0.4, 0.5) is 5.82 Å². The van der Waals surface area contributed by atoms with E-state index in [2.05, 4.69) is 31.5 Å². The van der Waals surface area contributed by atoms with Crippen molar-refractivity contribution in [3.63, 3.8) is 0 Å². The molecule has 0 fully saturated rings. The number of hydrogen-bond acceptors (Lipinski definition) is 5. The number of aromatic amines is 1. The van der Waals surface area contributed by atoms with Gasteiger partial charge in [0, 0.05) is 6.54 Å². The fourth-order valence-corrected chi connectivity index (χ4v) is 1.96. The van der Waals surface area contributed by atoms with Gasteiger partial charge in [0.15, 0.2) is 11.5 Å². The third-order valence-corrected chi connectivity index (χ3v) is 2.94. The van der Waals surface area contributed by atoms with Gasteiger partial charge in [0.1, 0.15) is 5.52 Å². The average molecular weight is 258 g/mol. The lowest BCUT2D eigenvalue weighted by Gasteiger charge is -2.05. The van der Waals surface area contributed by atoms with E-state index in [1.807, 2.05) is 11.8 Å². The highest BCUT2D eigenvalue weighted by Gasteiger charge is 2.07. The SMILES string of the molecule is CSCCCNc1nc(Cl)nc2nc[nH]c12. The summed E-state index contributed by atoms with van der Waals surface area (Å²) in [6.45, 7) is 0.863. The maximum absolute atomic E-state index is 5.80. The molecule has 0 atom stereocenters. The van der Waals surface area contributed by atoms with Crippen molar-refractivity contribution in [3.05, 3.63) is 11.6 Å². The fraction of sp³-hybridized carbons (Fsp3) is 0.444. The summed E-state index contributed by atoms with van der Waals surface area (Å²) in [6.07, 6.45) is 4.76. The van der Waals surface area contributed by atoms with E-state index in [4.69, 9.17) is 11.6 Å². The lowest BCUT2D eigenvalue weighted by molar-refractivity contribution is 0.981. The number of thioether (sulfide) groups is 1. The predicted octanol–water partition coefficient (Wildman–Crippen LogP) is 2.17. The van der Waals surface area contributed by atoms with E-state index in [-0.39, 0.29) is 5.28 Å². The Bertz CT molecular complexity index is 472. The van der Waals surface area contributed by atoms with Gasteiger partial charge in [0.2, 0.25) is 5.28 Å². The summed E-state index contributed by atoms with van der Waals surface area (Å²) in [4.78, 5) is 15.2. The Morgan fingerprint density at radius 2 is 2.38 bits per heavy atom. The molecule has 2 aromatic rings. The average Bonchev–Trinajstić information content (AvgIpc) is 2.72. The highest BCUT2D eigenvalue weighted by Crippen LogP contribution is 2.18. The molecule has 0 aliphatic heterocycles. The molecule has 16 heavy (non-hydrogen) atoms. The number of nitrogens with zero attached hydrogens (tertiary/aromatic N) is 3. The molecule has 0 radical (unpaired) electrons. The van der Waals surface area contributed by atoms with Crippen LogP contribution >= 0.6 is 23.4 Å². The Kier molecular flexibility index (Phi) is 3.84. The van der Waals surface area contributed by atoms with Gasteiger partial charge in [-0.2, -0.15) is 21.7 Å². The maximum Gasteiger partial charge on any atom is 0.226 e. The van der Waals surface area contributed by atoms with Crippen LogP contribution in [0.3, 0.4) is 0 Å². The van der Waals surface area contributed by atoms with Gasteiger partial charge in [-0.25, -0.2) is 4.98 Å². The van der Waals surface area contributed by atoms with Crippen molar-refractivity contribution in [1.29, 1.82) is 0 Å². The Labute approximate surface area is 102 Å². The quantitative estimate of drug-likeness (QED) is 0.635. The zero-order valence-corrected chi connectivity index (χ0v) is 10.4. The smallest absolute Gasteiger partial charge is 0.226 e. The number of rotatable bonds is 5. The standard InChI is InChI=1S/C9H12ClN5S/c1-16-4-2-3-11-7-6-8(13-5-12-6)15-9(10)14-7/h5H,2-4H2,1H3,(H2,11,12,13,14,15). The minimum Gasteiger partial charge on any atom is -0.368 e. The molecule has 2 heterocycles. The molecule has 0 spiro atoms. The van der Waals surface area contributed by atoms with Gasteiger partial charge < -0.3 is 10.3 Å². The van der Waals surface area contributed by atoms with E-state index in [1.165, 1.54) is 0 Å². The molecule has 2 aromatic heterocycles. The Hall–Kier alpha value is -1.01. The molecule has 5 nitrogen and oxygen atoms in total. The van der Waals surface area contributed by atoms with Gasteiger partial charge in [-0.3, -0.25) is 0 Å². The number of fused-ring (bicyclic) bond motifs is 1. The zero-order valence-electron chi connectivity index (χ0n) is 8.83. The van der Waals surface area contributed by atoms with E-state index >= 15 is 0 Å². The van der Waals surface area contributed by atoms with E-state index in [0.29, 0.717) is 11.5 Å². The molecule has 0 saturated heterocycles. The van der Waals surface area contributed by atoms with Crippen molar-refractivity contribution in [2.24, 2.45) is 0 Å². The van der Waals surface area contributed by atoms with Crippen LogP contribution in [0.15, 0.2) is 6.33 Å². The van der Waals surface area contributed by atoms with Crippen LogP contribution in [0, 0.1) is 0 Å². The number of anilines is 1. The summed E-state index contributed by atoms with van der Waals surface area (Å²) < 4.78 is 0. The first kappa shape index (κ1) is 11.5. The molecule has 0 aromatic carbocycles. The number of hydrogen-bond donors (Lipinski definition) is 2. The second-order valence-corrected chi connectivity index (χ2v) is 4.54. The lowest BCUT2D eigenvalue weighted by Crippen LogP contribution is -2.05. The normalized spacial score (nSPS) is 10.9. The van der Waals surface area contributed by atoms with Crippen LogP contribution in [0.1, 0.15) is 6.42 Å². The molecule has 7 heteroatoms. The highest BCUT2D eigenvalue weighted by molar-refractivity contribution is 7.98. The summed E-state index contributed by atoms with van der Waals surface area (Å²) in [5.74, 6) is 1.84. The molecule has 0 amide bonds. The monoisotopic (exact) mass is 257 g/mol. The molecule has 2 rings (SSSR count). The van der Waals surface area contributed by atoms with Crippen molar-refractivity contribution in [1.82, 2.24) is 19.9 Å².